The molecule has 4 nitrogen and oxygen atoms in total. The van der Waals surface area contributed by atoms with Gasteiger partial charge in [-0.1, -0.05) is 0 Å². The molecule has 0 aliphatic carbocycles. The molecule has 82 valence electrons. The third-order valence-corrected chi connectivity index (χ3v) is 1.95. The van der Waals surface area contributed by atoms with Crippen LogP contribution in [0.3, 0.4) is 0 Å². The lowest BCUT2D eigenvalue weighted by molar-refractivity contribution is -0.124. The van der Waals surface area contributed by atoms with Gasteiger partial charge in [0.25, 0.3) is 5.91 Å². The van der Waals surface area contributed by atoms with Crippen molar-refractivity contribution in [3.63, 3.8) is 0 Å². The first-order valence-corrected chi connectivity index (χ1v) is 4.89. The molecule has 4 heteroatoms. The van der Waals surface area contributed by atoms with Crippen LogP contribution in [-0.4, -0.2) is 30.6 Å². The molecule has 1 heterocycles. The van der Waals surface area contributed by atoms with Crippen molar-refractivity contribution in [3.05, 3.63) is 24.5 Å². The number of carbonyl (C=O) groups excluding carboxylic acids is 1. The second kappa shape index (κ2) is 5.46. The molecule has 0 aromatic carbocycles. The lowest BCUT2D eigenvalue weighted by atomic mass is 10.4. The van der Waals surface area contributed by atoms with Crippen molar-refractivity contribution in [2.24, 2.45) is 0 Å². The molecule has 1 aromatic heterocycles. The number of ether oxygens (including phenoxy) is 1. The fourth-order valence-electron chi connectivity index (χ4n) is 1.03. The Kier molecular flexibility index (Phi) is 4.24. The molecule has 0 saturated carbocycles. The summed E-state index contributed by atoms with van der Waals surface area (Å²) in [4.78, 5) is 17.1. The number of hydrogen-bond acceptors (Lipinski definition) is 3. The highest BCUT2D eigenvalue weighted by molar-refractivity contribution is 5.93. The summed E-state index contributed by atoms with van der Waals surface area (Å²) in [5.41, 5.74) is 0.773. The number of nitrogens with zero attached hydrogens (tertiary/aromatic N) is 2. The van der Waals surface area contributed by atoms with E-state index in [0.29, 0.717) is 0 Å². The van der Waals surface area contributed by atoms with Crippen LogP contribution in [0.1, 0.15) is 13.8 Å². The zero-order valence-corrected chi connectivity index (χ0v) is 9.30. The Labute approximate surface area is 89.9 Å². The topological polar surface area (TPSA) is 42.4 Å². The van der Waals surface area contributed by atoms with E-state index in [9.17, 15) is 4.79 Å². The van der Waals surface area contributed by atoms with Gasteiger partial charge in [-0.15, -0.1) is 0 Å². The lowest BCUT2D eigenvalue weighted by Crippen LogP contribution is -2.31. The summed E-state index contributed by atoms with van der Waals surface area (Å²) in [7, 11) is 1.71. The van der Waals surface area contributed by atoms with Gasteiger partial charge in [0.1, 0.15) is 6.61 Å². The number of likely N-dealkylation sites (N-methyl/N-ethyl adjacent to an activating group) is 1. The summed E-state index contributed by atoms with van der Waals surface area (Å²) < 4.78 is 5.23. The maximum Gasteiger partial charge on any atom is 0.252 e. The average molecular weight is 208 g/mol. The van der Waals surface area contributed by atoms with Crippen molar-refractivity contribution in [2.75, 3.05) is 18.6 Å². The van der Waals surface area contributed by atoms with Gasteiger partial charge in [-0.2, -0.15) is 0 Å². The van der Waals surface area contributed by atoms with Crippen molar-refractivity contribution in [1.29, 1.82) is 0 Å². The van der Waals surface area contributed by atoms with E-state index in [1.165, 1.54) is 4.90 Å². The predicted octanol–water partition coefficient (Wildman–Crippen LogP) is 1.47. The Morgan fingerprint density at radius 2 is 2.33 bits per heavy atom. The fourth-order valence-corrected chi connectivity index (χ4v) is 1.03. The number of aromatic nitrogens is 1. The second-order valence-corrected chi connectivity index (χ2v) is 3.52. The van der Waals surface area contributed by atoms with E-state index in [-0.39, 0.29) is 18.6 Å². The highest BCUT2D eigenvalue weighted by Crippen LogP contribution is 2.09. The van der Waals surface area contributed by atoms with E-state index in [0.717, 1.165) is 5.69 Å². The van der Waals surface area contributed by atoms with Gasteiger partial charge in [-0.25, -0.2) is 0 Å². The van der Waals surface area contributed by atoms with Gasteiger partial charge in [0.15, 0.2) is 0 Å². The van der Waals surface area contributed by atoms with Crippen molar-refractivity contribution >= 4 is 11.6 Å². The minimum absolute atomic E-state index is 0.0660. The van der Waals surface area contributed by atoms with E-state index < -0.39 is 0 Å². The molecular formula is C11H16N2O2. The molecule has 0 unspecified atom stereocenters. The second-order valence-electron chi connectivity index (χ2n) is 3.52. The molecule has 0 radical (unpaired) electrons. The fraction of sp³-hybridized carbons (Fsp3) is 0.455. The molecule has 0 spiro atoms. The highest BCUT2D eigenvalue weighted by Gasteiger charge is 2.11. The van der Waals surface area contributed by atoms with Gasteiger partial charge >= 0.3 is 0 Å². The maximum absolute atomic E-state index is 11.6. The maximum atomic E-state index is 11.6. The summed E-state index contributed by atoms with van der Waals surface area (Å²) in [5.74, 6) is -0.0725. The highest BCUT2D eigenvalue weighted by atomic mass is 16.5. The summed E-state index contributed by atoms with van der Waals surface area (Å²) in [6.07, 6.45) is 3.39. The number of carbonyl (C=O) groups is 1. The quantitative estimate of drug-likeness (QED) is 0.752. The molecule has 0 atom stereocenters. The van der Waals surface area contributed by atoms with Gasteiger partial charge in [-0.3, -0.25) is 9.78 Å². The van der Waals surface area contributed by atoms with Crippen molar-refractivity contribution < 1.29 is 9.53 Å². The molecule has 1 aromatic rings. The van der Waals surface area contributed by atoms with E-state index in [2.05, 4.69) is 4.98 Å². The van der Waals surface area contributed by atoms with Crippen LogP contribution in [0.5, 0.6) is 0 Å². The third-order valence-electron chi connectivity index (χ3n) is 1.95. The molecule has 0 N–H and O–H groups in total. The van der Waals surface area contributed by atoms with E-state index in [1.807, 2.05) is 19.9 Å². The summed E-state index contributed by atoms with van der Waals surface area (Å²) in [6, 6.07) is 3.63. The molecule has 0 fully saturated rings. The van der Waals surface area contributed by atoms with Crippen LogP contribution in [0.4, 0.5) is 5.69 Å². The van der Waals surface area contributed by atoms with Gasteiger partial charge in [0.2, 0.25) is 0 Å². The van der Waals surface area contributed by atoms with Gasteiger partial charge < -0.3 is 9.64 Å². The number of hydrogen-bond donors (Lipinski definition) is 0. The summed E-state index contributed by atoms with van der Waals surface area (Å²) >= 11 is 0. The first kappa shape index (κ1) is 11.7. The molecule has 0 saturated heterocycles. The van der Waals surface area contributed by atoms with Crippen LogP contribution in [0, 0.1) is 0 Å². The number of amides is 1. The minimum Gasteiger partial charge on any atom is -0.369 e. The summed E-state index contributed by atoms with van der Waals surface area (Å²) in [5, 5.41) is 0. The normalized spacial score (nSPS) is 10.4. The minimum atomic E-state index is -0.0725. The molecule has 1 amide bonds. The van der Waals surface area contributed by atoms with Crippen LogP contribution in [0.25, 0.3) is 0 Å². The number of pyridine rings is 1. The molecule has 0 bridgehead atoms. The first-order chi connectivity index (χ1) is 7.11. The lowest BCUT2D eigenvalue weighted by Gasteiger charge is -2.17. The monoisotopic (exact) mass is 208 g/mol. The Morgan fingerprint density at radius 3 is 2.87 bits per heavy atom. The van der Waals surface area contributed by atoms with Crippen molar-refractivity contribution in [2.45, 2.75) is 20.0 Å². The Hall–Kier alpha value is -1.42. The van der Waals surface area contributed by atoms with Gasteiger partial charge in [0, 0.05) is 13.2 Å². The summed E-state index contributed by atoms with van der Waals surface area (Å²) in [6.45, 7) is 3.90. The Balaban J connectivity index is 2.54. The van der Waals surface area contributed by atoms with E-state index in [4.69, 9.17) is 4.74 Å². The number of anilines is 1. The molecule has 0 aliphatic rings. The Bertz CT molecular complexity index is 312. The zero-order valence-electron chi connectivity index (χ0n) is 9.30. The zero-order chi connectivity index (χ0) is 11.3. The van der Waals surface area contributed by atoms with Gasteiger partial charge in [0.05, 0.1) is 18.0 Å². The van der Waals surface area contributed by atoms with Gasteiger partial charge in [-0.05, 0) is 26.0 Å². The molecular weight excluding hydrogens is 192 g/mol. The first-order valence-electron chi connectivity index (χ1n) is 4.89. The van der Waals surface area contributed by atoms with Crippen molar-refractivity contribution in [1.82, 2.24) is 4.98 Å². The van der Waals surface area contributed by atoms with E-state index in [1.54, 1.807) is 25.5 Å². The molecule has 0 aliphatic heterocycles. The third kappa shape index (κ3) is 3.67. The molecule has 15 heavy (non-hydrogen) atoms. The Morgan fingerprint density at radius 1 is 1.60 bits per heavy atom. The standard InChI is InChI=1S/C11H16N2O2/c1-9(2)15-8-11(14)13(3)10-5-4-6-12-7-10/h4-7,9H,8H2,1-3H3. The molecule has 1 rings (SSSR count). The predicted molar refractivity (Wildman–Crippen MR) is 58.7 cm³/mol. The van der Waals surface area contributed by atoms with E-state index >= 15 is 0 Å². The largest absolute Gasteiger partial charge is 0.369 e. The van der Waals surface area contributed by atoms with Crippen LogP contribution >= 0.6 is 0 Å². The average Bonchev–Trinajstić information content (AvgIpc) is 2.26. The SMILES string of the molecule is CC(C)OCC(=O)N(C)c1cccnc1. The smallest absolute Gasteiger partial charge is 0.252 e. The van der Waals surface area contributed by atoms with Crippen LogP contribution < -0.4 is 4.90 Å². The van der Waals surface area contributed by atoms with Crippen LogP contribution in [-0.2, 0) is 9.53 Å². The van der Waals surface area contributed by atoms with Crippen LogP contribution in [0.2, 0.25) is 0 Å². The van der Waals surface area contributed by atoms with Crippen molar-refractivity contribution in [3.8, 4) is 0 Å². The van der Waals surface area contributed by atoms with Crippen LogP contribution in [0.15, 0.2) is 24.5 Å². The number of rotatable bonds is 4.